The number of hydrogen-bond acceptors (Lipinski definition) is 7. The van der Waals surface area contributed by atoms with E-state index >= 15 is 0 Å². The van der Waals surface area contributed by atoms with Crippen LogP contribution in [0.3, 0.4) is 0 Å². The second kappa shape index (κ2) is 8.99. The number of morpholine rings is 1. The first kappa shape index (κ1) is 23.0. The normalized spacial score (nSPS) is 17.1. The zero-order valence-corrected chi connectivity index (χ0v) is 19.0. The number of nitrogens with one attached hydrogen (secondary N) is 1. The zero-order valence-electron chi connectivity index (χ0n) is 19.0. The van der Waals surface area contributed by atoms with Gasteiger partial charge < -0.3 is 24.8 Å². The van der Waals surface area contributed by atoms with Crippen molar-refractivity contribution in [1.29, 1.82) is 0 Å². The van der Waals surface area contributed by atoms with Gasteiger partial charge in [-0.25, -0.2) is 0 Å². The molecule has 2 aliphatic rings. The predicted octanol–water partition coefficient (Wildman–Crippen LogP) is 0.391. The van der Waals surface area contributed by atoms with Crippen molar-refractivity contribution >= 4 is 23.5 Å². The number of fused-ring (bicyclic) bond motifs is 1. The van der Waals surface area contributed by atoms with E-state index in [9.17, 15) is 19.5 Å². The van der Waals surface area contributed by atoms with Crippen LogP contribution >= 0.6 is 0 Å². The number of nitrogens with zero attached hydrogens (tertiary/aromatic N) is 4. The molecule has 0 radical (unpaired) electrons. The summed E-state index contributed by atoms with van der Waals surface area (Å²) < 4.78 is 13.3. The molecule has 2 N–H and O–H groups in total. The van der Waals surface area contributed by atoms with Gasteiger partial charge in [0.2, 0.25) is 11.8 Å². The Morgan fingerprint density at radius 2 is 2.03 bits per heavy atom. The van der Waals surface area contributed by atoms with E-state index in [0.29, 0.717) is 31.9 Å². The number of amides is 2. The lowest BCUT2D eigenvalue weighted by molar-refractivity contribution is -0.129. The Kier molecular flexibility index (Phi) is 6.26. The van der Waals surface area contributed by atoms with Gasteiger partial charge in [0, 0.05) is 37.9 Å². The summed E-state index contributed by atoms with van der Waals surface area (Å²) in [6, 6.07) is 0.0122. The van der Waals surface area contributed by atoms with Gasteiger partial charge in [-0.3, -0.25) is 19.0 Å². The van der Waals surface area contributed by atoms with Gasteiger partial charge in [0.05, 0.1) is 31.6 Å². The maximum Gasteiger partial charge on any atom is 0.270 e. The van der Waals surface area contributed by atoms with Crippen LogP contribution in [0.4, 0.5) is 0 Å². The van der Waals surface area contributed by atoms with Crippen LogP contribution in [-0.2, 0) is 20.8 Å². The van der Waals surface area contributed by atoms with Gasteiger partial charge >= 0.3 is 0 Å². The van der Waals surface area contributed by atoms with Crippen LogP contribution in [0.2, 0.25) is 0 Å². The number of carbonyl (C=O) groups excluding carboxylic acids is 2. The molecule has 3 heterocycles. The lowest BCUT2D eigenvalue weighted by Crippen LogP contribution is -2.40. The number of carbonyl (C=O) groups is 2. The molecule has 0 atom stereocenters. The summed E-state index contributed by atoms with van der Waals surface area (Å²) in [6.07, 6.45) is 6.08. The van der Waals surface area contributed by atoms with Crippen LogP contribution in [-0.4, -0.2) is 81.1 Å². The third kappa shape index (κ3) is 4.79. The SMILES string of the molecule is COC(C)(C)Cn1c(=O)c(C(=O)NC2CC2)c(O)n2ncc(C=CC(=O)N3CCOCC3)c12. The van der Waals surface area contributed by atoms with E-state index in [1.807, 2.05) is 0 Å². The van der Waals surface area contributed by atoms with E-state index in [4.69, 9.17) is 9.47 Å². The molecule has 2 amide bonds. The number of rotatable bonds is 7. The molecule has 0 bridgehead atoms. The van der Waals surface area contributed by atoms with Gasteiger partial charge in [0.15, 0.2) is 5.56 Å². The highest BCUT2D eigenvalue weighted by Gasteiger charge is 2.31. The fourth-order valence-electron chi connectivity index (χ4n) is 3.66. The number of aromatic nitrogens is 3. The van der Waals surface area contributed by atoms with Crippen LogP contribution in [0.1, 0.15) is 42.6 Å². The summed E-state index contributed by atoms with van der Waals surface area (Å²) in [5, 5.41) is 17.7. The molecule has 0 aromatic carbocycles. The van der Waals surface area contributed by atoms with Crippen molar-refractivity contribution in [3.05, 3.63) is 33.8 Å². The Bertz CT molecular complexity index is 1150. The molecular formula is C22H29N5O6. The molecule has 2 aromatic rings. The summed E-state index contributed by atoms with van der Waals surface area (Å²) in [4.78, 5) is 40.4. The minimum Gasteiger partial charge on any atom is -0.492 e. The molecule has 2 fully saturated rings. The number of hydrogen-bond donors (Lipinski definition) is 2. The first-order valence-electron chi connectivity index (χ1n) is 11.0. The highest BCUT2D eigenvalue weighted by atomic mass is 16.5. The quantitative estimate of drug-likeness (QED) is 0.574. The minimum atomic E-state index is -0.750. The standard InChI is InChI=1S/C22H29N5O6/c1-22(2,32-3)13-26-19-14(4-7-16(28)25-8-10-33-11-9-25)12-23-27(19)21(31)17(20(26)30)18(29)24-15-5-6-15/h4,7,12,15,31H,5-6,8-11,13H2,1-3H3,(H,24,29). The van der Waals surface area contributed by atoms with Crippen LogP contribution < -0.4 is 10.9 Å². The largest absolute Gasteiger partial charge is 0.492 e. The third-order valence-corrected chi connectivity index (χ3v) is 5.87. The van der Waals surface area contributed by atoms with Crippen molar-refractivity contribution in [2.75, 3.05) is 33.4 Å². The molecule has 1 saturated carbocycles. The van der Waals surface area contributed by atoms with Crippen LogP contribution in [0.5, 0.6) is 5.88 Å². The Hall–Kier alpha value is -3.18. The molecule has 1 saturated heterocycles. The van der Waals surface area contributed by atoms with Crippen LogP contribution in [0.15, 0.2) is 17.1 Å². The third-order valence-electron chi connectivity index (χ3n) is 5.87. The van der Waals surface area contributed by atoms with Crippen molar-refractivity contribution in [2.45, 2.75) is 44.9 Å². The average Bonchev–Trinajstić information content (AvgIpc) is 3.51. The number of methoxy groups -OCH3 is 1. The van der Waals surface area contributed by atoms with Gasteiger partial charge in [-0.2, -0.15) is 9.61 Å². The van der Waals surface area contributed by atoms with E-state index in [2.05, 4.69) is 10.4 Å². The highest BCUT2D eigenvalue weighted by Crippen LogP contribution is 2.24. The summed E-state index contributed by atoms with van der Waals surface area (Å²) in [5.74, 6) is -1.37. The fourth-order valence-corrected chi connectivity index (χ4v) is 3.66. The molecule has 4 rings (SSSR count). The zero-order chi connectivity index (χ0) is 23.8. The van der Waals surface area contributed by atoms with Crippen molar-refractivity contribution in [1.82, 2.24) is 24.4 Å². The number of ether oxygens (including phenoxy) is 2. The van der Waals surface area contributed by atoms with E-state index in [1.165, 1.54) is 23.9 Å². The molecule has 178 valence electrons. The van der Waals surface area contributed by atoms with E-state index in [1.54, 1.807) is 24.8 Å². The first-order valence-corrected chi connectivity index (χ1v) is 11.0. The van der Waals surface area contributed by atoms with Crippen molar-refractivity contribution < 1.29 is 24.2 Å². The maximum atomic E-state index is 13.4. The van der Waals surface area contributed by atoms with Gasteiger partial charge in [0.25, 0.3) is 11.5 Å². The van der Waals surface area contributed by atoms with Gasteiger partial charge in [-0.15, -0.1) is 0 Å². The molecule has 1 aliphatic carbocycles. The molecule has 11 heteroatoms. The lowest BCUT2D eigenvalue weighted by atomic mass is 10.1. The van der Waals surface area contributed by atoms with Gasteiger partial charge in [0.1, 0.15) is 5.65 Å². The van der Waals surface area contributed by atoms with Crippen LogP contribution in [0, 0.1) is 0 Å². The van der Waals surface area contributed by atoms with E-state index < -0.39 is 22.9 Å². The summed E-state index contributed by atoms with van der Waals surface area (Å²) in [7, 11) is 1.53. The average molecular weight is 460 g/mol. The Morgan fingerprint density at radius 1 is 1.33 bits per heavy atom. The first-order chi connectivity index (χ1) is 15.7. The van der Waals surface area contributed by atoms with Crippen molar-refractivity contribution in [2.24, 2.45) is 0 Å². The molecule has 33 heavy (non-hydrogen) atoms. The van der Waals surface area contributed by atoms with E-state index in [0.717, 1.165) is 17.4 Å². The predicted molar refractivity (Wildman–Crippen MR) is 119 cm³/mol. The Morgan fingerprint density at radius 3 is 2.67 bits per heavy atom. The highest BCUT2D eigenvalue weighted by molar-refractivity contribution is 5.97. The Balaban J connectivity index is 1.79. The molecule has 2 aromatic heterocycles. The lowest BCUT2D eigenvalue weighted by Gasteiger charge is -2.25. The number of aromatic hydroxyl groups is 1. The molecule has 11 nitrogen and oxygen atoms in total. The monoisotopic (exact) mass is 459 g/mol. The maximum absolute atomic E-state index is 13.4. The summed E-state index contributed by atoms with van der Waals surface area (Å²) >= 11 is 0. The van der Waals surface area contributed by atoms with Crippen LogP contribution in [0.25, 0.3) is 11.7 Å². The fraction of sp³-hybridized carbons (Fsp3) is 0.545. The second-order valence-electron chi connectivity index (χ2n) is 8.91. The van der Waals surface area contributed by atoms with Gasteiger partial charge in [-0.05, 0) is 32.8 Å². The molecular weight excluding hydrogens is 430 g/mol. The summed E-state index contributed by atoms with van der Waals surface area (Å²) in [5.41, 5.74) is -1.07. The summed E-state index contributed by atoms with van der Waals surface area (Å²) in [6.45, 7) is 5.69. The molecule has 0 unspecified atom stereocenters. The molecule has 0 spiro atoms. The Labute approximate surface area is 190 Å². The van der Waals surface area contributed by atoms with Crippen molar-refractivity contribution in [3.63, 3.8) is 0 Å². The second-order valence-corrected chi connectivity index (χ2v) is 8.91. The van der Waals surface area contributed by atoms with Gasteiger partial charge in [-0.1, -0.05) is 0 Å². The van der Waals surface area contributed by atoms with Crippen molar-refractivity contribution in [3.8, 4) is 5.88 Å². The van der Waals surface area contributed by atoms with E-state index in [-0.39, 0.29) is 29.7 Å². The topological polar surface area (TPSA) is 127 Å². The molecule has 1 aliphatic heterocycles. The smallest absolute Gasteiger partial charge is 0.270 e. The minimum absolute atomic E-state index is 0.0122.